The number of nitrogens with zero attached hydrogens (tertiary/aromatic N) is 5. The Hall–Kier alpha value is -3.93. The molecule has 8 rings (SSSR count). The monoisotopic (exact) mass is 702 g/mol. The summed E-state index contributed by atoms with van der Waals surface area (Å²) in [6.45, 7) is 9.51. The van der Waals surface area contributed by atoms with Gasteiger partial charge in [-0.15, -0.1) is 0 Å². The number of nitrogen functional groups attached to an aromatic ring is 1. The summed E-state index contributed by atoms with van der Waals surface area (Å²) in [4.78, 5) is 29.3. The number of fused-ring (bicyclic) bond motifs is 6. The zero-order valence-electron chi connectivity index (χ0n) is 28.8. The second kappa shape index (κ2) is 13.0. The van der Waals surface area contributed by atoms with E-state index >= 15 is 4.39 Å². The van der Waals surface area contributed by atoms with E-state index in [4.69, 9.17) is 36.5 Å². The zero-order chi connectivity index (χ0) is 34.7. The van der Waals surface area contributed by atoms with Crippen molar-refractivity contribution in [3.8, 4) is 17.1 Å². The standard InChI is InChI=1S/C38H44ClFN6O4/c1-38(2,3)50-37(47)46-24-9-10-25(46)19-44(18-24)35-30-17-31(39)32(29-16-23(41)15-22-7-4-5-8-28(22)29)33(40)34(30)42-36(43-35)49-14-6-13-45-26-11-12-27(45)21-48-20-26/h4-5,7-8,15-17,24-27H,6,9-14,18-21,41H2,1-3H3. The quantitative estimate of drug-likeness (QED) is 0.160. The van der Waals surface area contributed by atoms with E-state index in [-0.39, 0.29) is 40.3 Å². The molecule has 1 aromatic heterocycles. The van der Waals surface area contributed by atoms with E-state index in [1.54, 1.807) is 12.1 Å². The maximum Gasteiger partial charge on any atom is 0.410 e. The number of ether oxygens (including phenoxy) is 3. The first-order chi connectivity index (χ1) is 24.0. The van der Waals surface area contributed by atoms with Gasteiger partial charge in [-0.1, -0.05) is 35.9 Å². The number of piperazine rings is 1. The fraction of sp³-hybridized carbons (Fsp3) is 0.500. The molecular weight excluding hydrogens is 659 g/mol. The van der Waals surface area contributed by atoms with Gasteiger partial charge in [-0.25, -0.2) is 9.18 Å². The molecule has 0 radical (unpaired) electrons. The van der Waals surface area contributed by atoms with Gasteiger partial charge in [0.2, 0.25) is 0 Å². The van der Waals surface area contributed by atoms with Crippen LogP contribution in [0.1, 0.15) is 52.9 Å². The minimum absolute atomic E-state index is 0.0693. The number of amides is 1. The molecule has 264 valence electrons. The molecule has 3 aromatic carbocycles. The molecule has 4 atom stereocenters. The van der Waals surface area contributed by atoms with E-state index in [0.29, 0.717) is 54.2 Å². The number of anilines is 2. The van der Waals surface area contributed by atoms with Crippen molar-refractivity contribution in [3.63, 3.8) is 0 Å². The first-order valence-electron chi connectivity index (χ1n) is 17.7. The summed E-state index contributed by atoms with van der Waals surface area (Å²) in [5.74, 6) is -0.0150. The van der Waals surface area contributed by atoms with Crippen molar-refractivity contribution in [2.24, 2.45) is 0 Å². The van der Waals surface area contributed by atoms with Gasteiger partial charge >= 0.3 is 12.1 Å². The Kier molecular flexibility index (Phi) is 8.64. The van der Waals surface area contributed by atoms with Crippen LogP contribution >= 0.6 is 11.6 Å². The van der Waals surface area contributed by atoms with Crippen molar-refractivity contribution < 1.29 is 23.4 Å². The summed E-state index contributed by atoms with van der Waals surface area (Å²) in [7, 11) is 0. The minimum Gasteiger partial charge on any atom is -0.463 e. The largest absolute Gasteiger partial charge is 0.463 e. The summed E-state index contributed by atoms with van der Waals surface area (Å²) in [6, 6.07) is 14.0. The molecule has 10 nitrogen and oxygen atoms in total. The van der Waals surface area contributed by atoms with Crippen molar-refractivity contribution >= 4 is 50.9 Å². The lowest BCUT2D eigenvalue weighted by molar-refractivity contribution is -0.0161. The highest BCUT2D eigenvalue weighted by Crippen LogP contribution is 2.43. The molecule has 4 saturated heterocycles. The summed E-state index contributed by atoms with van der Waals surface area (Å²) in [6.07, 6.45) is 4.50. The Morgan fingerprint density at radius 3 is 2.42 bits per heavy atom. The smallest absolute Gasteiger partial charge is 0.410 e. The molecule has 5 heterocycles. The lowest BCUT2D eigenvalue weighted by Gasteiger charge is -2.42. The lowest BCUT2D eigenvalue weighted by atomic mass is 9.96. The Bertz CT molecular complexity index is 1920. The van der Waals surface area contributed by atoms with Gasteiger partial charge in [0.25, 0.3) is 0 Å². The molecule has 4 fully saturated rings. The van der Waals surface area contributed by atoms with Crippen LogP contribution in [0.2, 0.25) is 5.02 Å². The van der Waals surface area contributed by atoms with Crippen LogP contribution in [0.25, 0.3) is 32.8 Å². The third-order valence-electron chi connectivity index (χ3n) is 10.6. The number of hydrogen-bond acceptors (Lipinski definition) is 9. The van der Waals surface area contributed by atoms with Crippen molar-refractivity contribution in [2.75, 3.05) is 50.1 Å². The van der Waals surface area contributed by atoms with Gasteiger partial charge in [0.05, 0.1) is 36.9 Å². The number of carbonyl (C=O) groups is 1. The third-order valence-corrected chi connectivity index (χ3v) is 10.9. The molecule has 1 amide bonds. The predicted molar refractivity (Wildman–Crippen MR) is 193 cm³/mol. The predicted octanol–water partition coefficient (Wildman–Crippen LogP) is 7.04. The molecule has 50 heavy (non-hydrogen) atoms. The average molecular weight is 703 g/mol. The highest BCUT2D eigenvalue weighted by atomic mass is 35.5. The number of aromatic nitrogens is 2. The number of carbonyl (C=O) groups excluding carboxylic acids is 1. The average Bonchev–Trinajstić information content (AvgIpc) is 3.46. The molecule has 4 aliphatic rings. The van der Waals surface area contributed by atoms with Crippen molar-refractivity contribution in [3.05, 3.63) is 53.3 Å². The van der Waals surface area contributed by atoms with Crippen molar-refractivity contribution in [2.45, 2.75) is 82.6 Å². The molecule has 2 N–H and O–H groups in total. The molecule has 0 spiro atoms. The Morgan fingerprint density at radius 2 is 1.70 bits per heavy atom. The van der Waals surface area contributed by atoms with Crippen LogP contribution in [0.4, 0.5) is 20.7 Å². The summed E-state index contributed by atoms with van der Waals surface area (Å²) >= 11 is 6.98. The van der Waals surface area contributed by atoms with Crippen LogP contribution in [0.5, 0.6) is 6.01 Å². The molecular formula is C38H44ClFN6O4. The number of hydrogen-bond donors (Lipinski definition) is 1. The molecule has 0 saturated carbocycles. The van der Waals surface area contributed by atoms with E-state index < -0.39 is 11.4 Å². The SMILES string of the molecule is CC(C)(C)OC(=O)N1C2CCC1CN(c1nc(OCCCN3C4CCC3COC4)nc3c(F)c(-c4cc(N)cc5ccccc45)c(Cl)cc13)C2. The molecule has 4 aliphatic heterocycles. The van der Waals surface area contributed by atoms with Crippen molar-refractivity contribution in [1.82, 2.24) is 19.8 Å². The molecule has 12 heteroatoms. The lowest BCUT2D eigenvalue weighted by Crippen LogP contribution is -2.57. The normalized spacial score (nSPS) is 23.6. The van der Waals surface area contributed by atoms with E-state index in [9.17, 15) is 4.79 Å². The minimum atomic E-state index is -0.592. The van der Waals surface area contributed by atoms with Gasteiger partial charge < -0.3 is 24.8 Å². The second-order valence-corrected chi connectivity index (χ2v) is 15.5. The van der Waals surface area contributed by atoms with E-state index in [0.717, 1.165) is 49.8 Å². The van der Waals surface area contributed by atoms with E-state index in [2.05, 4.69) is 14.8 Å². The molecule has 0 aliphatic carbocycles. The Morgan fingerprint density at radius 1 is 1.00 bits per heavy atom. The van der Waals surface area contributed by atoms with Gasteiger partial charge in [-0.3, -0.25) is 9.80 Å². The van der Waals surface area contributed by atoms with Crippen LogP contribution in [-0.4, -0.2) is 95.1 Å². The first kappa shape index (κ1) is 33.2. The maximum absolute atomic E-state index is 17.0. The highest BCUT2D eigenvalue weighted by molar-refractivity contribution is 6.35. The Balaban J connectivity index is 1.15. The molecule has 4 unspecified atom stereocenters. The summed E-state index contributed by atoms with van der Waals surface area (Å²) < 4.78 is 34.8. The van der Waals surface area contributed by atoms with E-state index in [1.807, 2.05) is 56.0 Å². The summed E-state index contributed by atoms with van der Waals surface area (Å²) in [5, 5.41) is 2.45. The fourth-order valence-electron chi connectivity index (χ4n) is 8.43. The van der Waals surface area contributed by atoms with Gasteiger partial charge in [-0.2, -0.15) is 9.97 Å². The third kappa shape index (κ3) is 6.17. The maximum atomic E-state index is 17.0. The number of morpholine rings is 1. The number of halogens is 2. The highest BCUT2D eigenvalue weighted by Gasteiger charge is 2.45. The van der Waals surface area contributed by atoms with Crippen LogP contribution in [0.3, 0.4) is 0 Å². The van der Waals surface area contributed by atoms with Gasteiger partial charge in [0.1, 0.15) is 16.9 Å². The topological polar surface area (TPSA) is 106 Å². The summed E-state index contributed by atoms with van der Waals surface area (Å²) in [5.41, 5.74) is 7.17. The van der Waals surface area contributed by atoms with Crippen LogP contribution < -0.4 is 15.4 Å². The van der Waals surface area contributed by atoms with E-state index in [1.165, 1.54) is 12.8 Å². The first-order valence-corrected chi connectivity index (χ1v) is 18.1. The molecule has 4 bridgehead atoms. The van der Waals surface area contributed by atoms with Gasteiger partial charge in [0, 0.05) is 48.4 Å². The number of benzene rings is 3. The van der Waals surface area contributed by atoms with Gasteiger partial charge in [-0.05, 0) is 87.4 Å². The fourth-order valence-corrected chi connectivity index (χ4v) is 8.72. The van der Waals surface area contributed by atoms with Crippen LogP contribution in [0.15, 0.2) is 42.5 Å². The van der Waals surface area contributed by atoms with Crippen LogP contribution in [-0.2, 0) is 9.47 Å². The van der Waals surface area contributed by atoms with Crippen molar-refractivity contribution in [1.29, 1.82) is 0 Å². The molecule has 4 aromatic rings. The van der Waals surface area contributed by atoms with Crippen LogP contribution in [0, 0.1) is 5.82 Å². The zero-order valence-corrected chi connectivity index (χ0v) is 29.6. The van der Waals surface area contributed by atoms with Gasteiger partial charge in [0.15, 0.2) is 5.82 Å². The second-order valence-electron chi connectivity index (χ2n) is 15.1. The Labute approximate surface area is 296 Å². The number of nitrogens with two attached hydrogens (primary N) is 1. The number of rotatable bonds is 7.